The number of rotatable bonds is 9. The predicted octanol–water partition coefficient (Wildman–Crippen LogP) is 2.33. The first kappa shape index (κ1) is 22.3. The number of piperazine rings is 1. The quantitative estimate of drug-likeness (QED) is 0.649. The lowest BCUT2D eigenvalue weighted by Crippen LogP contribution is -2.48. The number of anilines is 1. The van der Waals surface area contributed by atoms with E-state index in [2.05, 4.69) is 14.5 Å². The normalized spacial score (nSPS) is 15.2. The van der Waals surface area contributed by atoms with Crippen LogP contribution in [-0.4, -0.2) is 66.3 Å². The first-order valence-corrected chi connectivity index (χ1v) is 11.4. The molecule has 164 valence electrons. The molecule has 2 aromatic rings. The van der Waals surface area contributed by atoms with E-state index < -0.39 is 15.8 Å². The topological polar surface area (TPSA) is 71.1 Å². The zero-order chi connectivity index (χ0) is 21.6. The number of halogens is 1. The van der Waals surface area contributed by atoms with Crippen LogP contribution in [0.1, 0.15) is 6.92 Å². The van der Waals surface area contributed by atoms with Crippen LogP contribution in [-0.2, 0) is 10.0 Å². The maximum Gasteiger partial charge on any atom is 0.240 e. The summed E-state index contributed by atoms with van der Waals surface area (Å²) in [6.45, 7) is 6.18. The van der Waals surface area contributed by atoms with Crippen molar-refractivity contribution in [3.05, 3.63) is 48.3 Å². The van der Waals surface area contributed by atoms with E-state index in [-0.39, 0.29) is 17.2 Å². The van der Waals surface area contributed by atoms with Crippen molar-refractivity contribution in [1.82, 2.24) is 9.62 Å². The van der Waals surface area contributed by atoms with Crippen molar-refractivity contribution in [1.29, 1.82) is 0 Å². The van der Waals surface area contributed by atoms with Gasteiger partial charge in [-0.25, -0.2) is 17.5 Å². The second-order valence-electron chi connectivity index (χ2n) is 6.92. The Balaban J connectivity index is 1.49. The van der Waals surface area contributed by atoms with E-state index in [0.717, 1.165) is 43.7 Å². The largest absolute Gasteiger partial charge is 0.495 e. The lowest BCUT2D eigenvalue weighted by Gasteiger charge is -2.36. The van der Waals surface area contributed by atoms with Gasteiger partial charge in [0.25, 0.3) is 0 Å². The molecule has 1 aliphatic heterocycles. The third kappa shape index (κ3) is 5.41. The minimum absolute atomic E-state index is 0.0457. The highest BCUT2D eigenvalue weighted by Gasteiger charge is 2.21. The molecule has 1 fully saturated rings. The zero-order valence-electron chi connectivity index (χ0n) is 17.3. The number of ether oxygens (including phenoxy) is 2. The summed E-state index contributed by atoms with van der Waals surface area (Å²) in [6.07, 6.45) is 0. The molecule has 0 spiro atoms. The van der Waals surface area contributed by atoms with E-state index in [1.54, 1.807) is 14.0 Å². The maximum absolute atomic E-state index is 14.0. The number of sulfonamides is 1. The molecule has 30 heavy (non-hydrogen) atoms. The fourth-order valence-corrected chi connectivity index (χ4v) is 4.48. The summed E-state index contributed by atoms with van der Waals surface area (Å²) in [5.41, 5.74) is 1.07. The molecule has 1 aliphatic rings. The molecule has 1 heterocycles. The minimum Gasteiger partial charge on any atom is -0.495 e. The van der Waals surface area contributed by atoms with Crippen LogP contribution in [0.4, 0.5) is 10.1 Å². The van der Waals surface area contributed by atoms with Gasteiger partial charge in [-0.2, -0.15) is 0 Å². The number of nitrogens with one attached hydrogen (secondary N) is 1. The van der Waals surface area contributed by atoms with Crippen LogP contribution in [0, 0.1) is 5.82 Å². The van der Waals surface area contributed by atoms with Gasteiger partial charge in [0.2, 0.25) is 10.0 Å². The predicted molar refractivity (Wildman–Crippen MR) is 114 cm³/mol. The van der Waals surface area contributed by atoms with Crippen LogP contribution >= 0.6 is 0 Å². The van der Waals surface area contributed by atoms with Gasteiger partial charge >= 0.3 is 0 Å². The molecule has 3 rings (SSSR count). The first-order valence-electron chi connectivity index (χ1n) is 9.97. The summed E-state index contributed by atoms with van der Waals surface area (Å²) in [5.74, 6) is 0.206. The molecule has 9 heteroatoms. The fraction of sp³-hybridized carbons (Fsp3) is 0.429. The Labute approximate surface area is 177 Å². The van der Waals surface area contributed by atoms with E-state index in [1.807, 2.05) is 24.3 Å². The van der Waals surface area contributed by atoms with Crippen LogP contribution in [0.2, 0.25) is 0 Å². The second kappa shape index (κ2) is 10.1. The van der Waals surface area contributed by atoms with Crippen LogP contribution in [0.5, 0.6) is 11.5 Å². The number of hydrogen-bond acceptors (Lipinski definition) is 6. The lowest BCUT2D eigenvalue weighted by atomic mass is 10.2. The molecule has 0 unspecified atom stereocenters. The second-order valence-corrected chi connectivity index (χ2v) is 8.69. The Morgan fingerprint density at radius 1 is 1.07 bits per heavy atom. The van der Waals surface area contributed by atoms with Gasteiger partial charge in [-0.15, -0.1) is 0 Å². The highest BCUT2D eigenvalue weighted by Crippen LogP contribution is 2.28. The van der Waals surface area contributed by atoms with Crippen LogP contribution < -0.4 is 19.1 Å². The van der Waals surface area contributed by atoms with Crippen molar-refractivity contribution in [2.24, 2.45) is 0 Å². The van der Waals surface area contributed by atoms with E-state index in [9.17, 15) is 12.8 Å². The van der Waals surface area contributed by atoms with Gasteiger partial charge in [0.1, 0.15) is 5.75 Å². The molecular formula is C21H28FN3O4S. The van der Waals surface area contributed by atoms with Crippen molar-refractivity contribution in [3.63, 3.8) is 0 Å². The van der Waals surface area contributed by atoms with E-state index >= 15 is 0 Å². The molecular weight excluding hydrogens is 409 g/mol. The molecule has 0 aromatic heterocycles. The van der Waals surface area contributed by atoms with Gasteiger partial charge in [0, 0.05) is 39.3 Å². The Morgan fingerprint density at radius 2 is 1.80 bits per heavy atom. The van der Waals surface area contributed by atoms with Crippen molar-refractivity contribution in [3.8, 4) is 11.5 Å². The maximum atomic E-state index is 14.0. The highest BCUT2D eigenvalue weighted by atomic mass is 32.2. The SMILES string of the molecule is CCOc1ccc(S(=O)(=O)NCCN2CCN(c3ccccc3OC)CC2)cc1F. The summed E-state index contributed by atoms with van der Waals surface area (Å²) in [4.78, 5) is 4.36. The van der Waals surface area contributed by atoms with Crippen molar-refractivity contribution >= 4 is 15.7 Å². The molecule has 1 N–H and O–H groups in total. The Bertz CT molecular complexity index is 947. The molecule has 1 saturated heterocycles. The zero-order valence-corrected chi connectivity index (χ0v) is 18.1. The Hall–Kier alpha value is -2.36. The van der Waals surface area contributed by atoms with Crippen LogP contribution in [0.15, 0.2) is 47.4 Å². The monoisotopic (exact) mass is 437 g/mol. The summed E-state index contributed by atoms with van der Waals surface area (Å²) in [7, 11) is -2.11. The minimum atomic E-state index is -3.78. The summed E-state index contributed by atoms with van der Waals surface area (Å²) in [6, 6.07) is 11.6. The smallest absolute Gasteiger partial charge is 0.240 e. The number of methoxy groups -OCH3 is 1. The third-order valence-corrected chi connectivity index (χ3v) is 6.49. The number of nitrogens with zero attached hydrogens (tertiary/aromatic N) is 2. The molecule has 0 amide bonds. The van der Waals surface area contributed by atoms with Gasteiger partial charge in [-0.05, 0) is 37.3 Å². The van der Waals surface area contributed by atoms with Gasteiger partial charge < -0.3 is 14.4 Å². The molecule has 0 saturated carbocycles. The lowest BCUT2D eigenvalue weighted by molar-refractivity contribution is 0.261. The van der Waals surface area contributed by atoms with Crippen molar-refractivity contribution in [2.45, 2.75) is 11.8 Å². The average molecular weight is 438 g/mol. The van der Waals surface area contributed by atoms with Gasteiger partial charge in [-0.1, -0.05) is 12.1 Å². The average Bonchev–Trinajstić information content (AvgIpc) is 2.75. The Kier molecular flexibility index (Phi) is 7.52. The number of para-hydroxylation sites is 2. The summed E-state index contributed by atoms with van der Waals surface area (Å²) >= 11 is 0. The van der Waals surface area contributed by atoms with Gasteiger partial charge in [0.05, 0.1) is 24.3 Å². The molecule has 7 nitrogen and oxygen atoms in total. The molecule has 0 aliphatic carbocycles. The van der Waals surface area contributed by atoms with Crippen molar-refractivity contribution in [2.75, 3.05) is 57.9 Å². The molecule has 0 radical (unpaired) electrons. The number of benzene rings is 2. The van der Waals surface area contributed by atoms with E-state index in [4.69, 9.17) is 9.47 Å². The van der Waals surface area contributed by atoms with Gasteiger partial charge in [-0.3, -0.25) is 4.90 Å². The van der Waals surface area contributed by atoms with E-state index in [0.29, 0.717) is 13.2 Å². The third-order valence-electron chi connectivity index (χ3n) is 5.03. The fourth-order valence-electron chi connectivity index (χ4n) is 3.45. The summed E-state index contributed by atoms with van der Waals surface area (Å²) in [5, 5.41) is 0. The number of hydrogen-bond donors (Lipinski definition) is 1. The Morgan fingerprint density at radius 3 is 2.47 bits per heavy atom. The first-order chi connectivity index (χ1) is 14.4. The van der Waals surface area contributed by atoms with Crippen LogP contribution in [0.3, 0.4) is 0 Å². The van der Waals surface area contributed by atoms with Gasteiger partial charge in [0.15, 0.2) is 11.6 Å². The molecule has 0 bridgehead atoms. The summed E-state index contributed by atoms with van der Waals surface area (Å²) < 4.78 is 52.0. The molecule has 2 aromatic carbocycles. The van der Waals surface area contributed by atoms with Crippen LogP contribution in [0.25, 0.3) is 0 Å². The standard InChI is InChI=1S/C21H28FN3O4S/c1-3-29-20-9-8-17(16-18(20)22)30(26,27)23-10-11-24-12-14-25(15-13-24)19-6-4-5-7-21(19)28-2/h4-9,16,23H,3,10-15H2,1-2H3. The van der Waals surface area contributed by atoms with Crippen molar-refractivity contribution < 1.29 is 22.3 Å². The van der Waals surface area contributed by atoms with E-state index in [1.165, 1.54) is 12.1 Å². The molecule has 0 atom stereocenters. The highest BCUT2D eigenvalue weighted by molar-refractivity contribution is 7.89.